The Kier molecular flexibility index (Phi) is 3.53. The second kappa shape index (κ2) is 4.30. The molecular formula is C11H20O3. The summed E-state index contributed by atoms with van der Waals surface area (Å²) in [5, 5.41) is 0. The first-order chi connectivity index (χ1) is 6.51. The maximum absolute atomic E-state index is 11.5. The Labute approximate surface area is 85.8 Å². The summed E-state index contributed by atoms with van der Waals surface area (Å²) in [6, 6.07) is 0. The zero-order valence-electron chi connectivity index (χ0n) is 9.50. The van der Waals surface area contributed by atoms with E-state index in [1.54, 1.807) is 0 Å². The molecule has 0 N–H and O–H groups in total. The smallest absolute Gasteiger partial charge is 0.311 e. The van der Waals surface area contributed by atoms with Crippen molar-refractivity contribution in [1.29, 1.82) is 0 Å². The van der Waals surface area contributed by atoms with Gasteiger partial charge in [-0.3, -0.25) is 4.79 Å². The summed E-state index contributed by atoms with van der Waals surface area (Å²) in [5.74, 6) is -0.120. The van der Waals surface area contributed by atoms with Crippen LogP contribution < -0.4 is 0 Å². The van der Waals surface area contributed by atoms with E-state index >= 15 is 0 Å². The first-order valence-electron chi connectivity index (χ1n) is 5.34. The first-order valence-corrected chi connectivity index (χ1v) is 5.34. The number of carbonyl (C=O) groups excluding carboxylic acids is 1. The van der Waals surface area contributed by atoms with E-state index < -0.39 is 0 Å². The molecule has 1 saturated heterocycles. The van der Waals surface area contributed by atoms with Crippen LogP contribution in [0.1, 0.15) is 40.5 Å². The number of hydrogen-bond acceptors (Lipinski definition) is 3. The van der Waals surface area contributed by atoms with Crippen molar-refractivity contribution < 1.29 is 14.3 Å². The van der Waals surface area contributed by atoms with E-state index in [-0.39, 0.29) is 17.5 Å². The highest BCUT2D eigenvalue weighted by Gasteiger charge is 2.39. The summed E-state index contributed by atoms with van der Waals surface area (Å²) in [7, 11) is 0. The summed E-state index contributed by atoms with van der Waals surface area (Å²) in [6.45, 7) is 8.29. The van der Waals surface area contributed by atoms with Crippen LogP contribution in [0.15, 0.2) is 0 Å². The van der Waals surface area contributed by atoms with Crippen molar-refractivity contribution >= 4 is 5.97 Å². The fourth-order valence-corrected chi connectivity index (χ4v) is 1.18. The molecule has 0 saturated carbocycles. The van der Waals surface area contributed by atoms with Gasteiger partial charge in [0.05, 0.1) is 11.5 Å². The lowest BCUT2D eigenvalue weighted by Gasteiger charge is -2.19. The third kappa shape index (κ3) is 2.71. The van der Waals surface area contributed by atoms with Crippen molar-refractivity contribution in [2.75, 3.05) is 6.61 Å². The van der Waals surface area contributed by atoms with Crippen molar-refractivity contribution in [2.45, 2.75) is 52.7 Å². The van der Waals surface area contributed by atoms with Gasteiger partial charge in [-0.1, -0.05) is 13.8 Å². The van der Waals surface area contributed by atoms with E-state index in [1.807, 2.05) is 20.8 Å². The van der Waals surface area contributed by atoms with Gasteiger partial charge in [0.1, 0.15) is 12.7 Å². The van der Waals surface area contributed by atoms with Crippen LogP contribution in [-0.4, -0.2) is 24.8 Å². The minimum atomic E-state index is -0.364. The first kappa shape index (κ1) is 11.5. The van der Waals surface area contributed by atoms with E-state index in [1.165, 1.54) is 0 Å². The SMILES string of the molecule is CCC1OC1COC(=O)C(C)(C)CC. The molecule has 0 bridgehead atoms. The standard InChI is InChI=1S/C11H20O3/c1-5-8-9(14-8)7-13-10(12)11(3,4)6-2/h8-9H,5-7H2,1-4H3. The number of hydrogen-bond donors (Lipinski definition) is 0. The summed E-state index contributed by atoms with van der Waals surface area (Å²) >= 11 is 0. The highest BCUT2D eigenvalue weighted by atomic mass is 16.6. The Hall–Kier alpha value is -0.570. The van der Waals surface area contributed by atoms with Crippen LogP contribution in [0.4, 0.5) is 0 Å². The minimum Gasteiger partial charge on any atom is -0.462 e. The molecule has 2 atom stereocenters. The molecule has 14 heavy (non-hydrogen) atoms. The lowest BCUT2D eigenvalue weighted by molar-refractivity contribution is -0.154. The number of esters is 1. The Balaban J connectivity index is 2.22. The molecule has 0 aliphatic carbocycles. The van der Waals surface area contributed by atoms with E-state index in [0.717, 1.165) is 12.8 Å². The quantitative estimate of drug-likeness (QED) is 0.504. The zero-order chi connectivity index (χ0) is 10.8. The van der Waals surface area contributed by atoms with Crippen LogP contribution >= 0.6 is 0 Å². The number of epoxide rings is 1. The molecule has 1 aliphatic rings. The fraction of sp³-hybridized carbons (Fsp3) is 0.909. The van der Waals surface area contributed by atoms with E-state index in [9.17, 15) is 4.79 Å². The zero-order valence-corrected chi connectivity index (χ0v) is 9.50. The van der Waals surface area contributed by atoms with E-state index in [2.05, 4.69) is 6.92 Å². The topological polar surface area (TPSA) is 38.8 Å². The van der Waals surface area contributed by atoms with Crippen LogP contribution in [0.2, 0.25) is 0 Å². The van der Waals surface area contributed by atoms with Gasteiger partial charge in [-0.2, -0.15) is 0 Å². The van der Waals surface area contributed by atoms with Gasteiger partial charge in [-0.05, 0) is 26.7 Å². The van der Waals surface area contributed by atoms with Crippen molar-refractivity contribution in [3.63, 3.8) is 0 Å². The summed E-state index contributed by atoms with van der Waals surface area (Å²) < 4.78 is 10.5. The van der Waals surface area contributed by atoms with Gasteiger partial charge >= 0.3 is 5.97 Å². The van der Waals surface area contributed by atoms with Crippen LogP contribution in [0.25, 0.3) is 0 Å². The summed E-state index contributed by atoms with van der Waals surface area (Å²) in [4.78, 5) is 11.5. The third-order valence-electron chi connectivity index (χ3n) is 2.91. The van der Waals surface area contributed by atoms with Crippen molar-refractivity contribution in [3.05, 3.63) is 0 Å². The van der Waals surface area contributed by atoms with Crippen molar-refractivity contribution in [2.24, 2.45) is 5.41 Å². The van der Waals surface area contributed by atoms with Crippen LogP contribution in [-0.2, 0) is 14.3 Å². The molecule has 0 amide bonds. The Bertz CT molecular complexity index is 211. The molecule has 1 fully saturated rings. The molecule has 0 aromatic heterocycles. The molecule has 1 rings (SSSR count). The summed E-state index contributed by atoms with van der Waals surface area (Å²) in [6.07, 6.45) is 2.26. The molecule has 3 heteroatoms. The van der Waals surface area contributed by atoms with Gasteiger partial charge in [0.15, 0.2) is 0 Å². The third-order valence-corrected chi connectivity index (χ3v) is 2.91. The highest BCUT2D eigenvalue weighted by molar-refractivity contribution is 5.75. The molecule has 1 aliphatic heterocycles. The second-order valence-electron chi connectivity index (χ2n) is 4.46. The largest absolute Gasteiger partial charge is 0.462 e. The molecule has 0 radical (unpaired) electrons. The average molecular weight is 200 g/mol. The fourth-order valence-electron chi connectivity index (χ4n) is 1.18. The molecule has 82 valence electrons. The van der Waals surface area contributed by atoms with Crippen molar-refractivity contribution in [1.82, 2.24) is 0 Å². The molecule has 0 spiro atoms. The maximum Gasteiger partial charge on any atom is 0.311 e. The Morgan fingerprint density at radius 3 is 2.43 bits per heavy atom. The lowest BCUT2D eigenvalue weighted by Crippen LogP contribution is -2.27. The predicted octanol–water partition coefficient (Wildman–Crippen LogP) is 2.14. The van der Waals surface area contributed by atoms with Crippen LogP contribution in [0.5, 0.6) is 0 Å². The van der Waals surface area contributed by atoms with Crippen molar-refractivity contribution in [3.8, 4) is 0 Å². The van der Waals surface area contributed by atoms with E-state index in [4.69, 9.17) is 9.47 Å². The average Bonchev–Trinajstić information content (AvgIpc) is 2.92. The molecule has 0 aromatic carbocycles. The molecule has 3 nitrogen and oxygen atoms in total. The number of ether oxygens (including phenoxy) is 2. The van der Waals surface area contributed by atoms with Gasteiger partial charge in [0.2, 0.25) is 0 Å². The minimum absolute atomic E-state index is 0.120. The number of rotatable bonds is 5. The van der Waals surface area contributed by atoms with Gasteiger partial charge < -0.3 is 9.47 Å². The highest BCUT2D eigenvalue weighted by Crippen LogP contribution is 2.27. The maximum atomic E-state index is 11.5. The Morgan fingerprint density at radius 2 is 2.00 bits per heavy atom. The van der Waals surface area contributed by atoms with E-state index in [0.29, 0.717) is 12.7 Å². The van der Waals surface area contributed by atoms with Gasteiger partial charge in [0, 0.05) is 0 Å². The van der Waals surface area contributed by atoms with Gasteiger partial charge in [0.25, 0.3) is 0 Å². The lowest BCUT2D eigenvalue weighted by atomic mass is 9.91. The predicted molar refractivity (Wildman–Crippen MR) is 54.0 cm³/mol. The van der Waals surface area contributed by atoms with Crippen LogP contribution in [0.3, 0.4) is 0 Å². The Morgan fingerprint density at radius 1 is 1.36 bits per heavy atom. The summed E-state index contributed by atoms with van der Waals surface area (Å²) in [5.41, 5.74) is -0.364. The molecule has 1 heterocycles. The van der Waals surface area contributed by atoms with Crippen LogP contribution in [0, 0.1) is 5.41 Å². The number of carbonyl (C=O) groups is 1. The molecule has 0 aromatic rings. The second-order valence-corrected chi connectivity index (χ2v) is 4.46. The molecule has 2 unspecified atom stereocenters. The normalized spacial score (nSPS) is 26.0. The molecular weight excluding hydrogens is 180 g/mol. The van der Waals surface area contributed by atoms with Gasteiger partial charge in [-0.15, -0.1) is 0 Å². The van der Waals surface area contributed by atoms with Gasteiger partial charge in [-0.25, -0.2) is 0 Å². The monoisotopic (exact) mass is 200 g/mol.